The van der Waals surface area contributed by atoms with Gasteiger partial charge in [0.05, 0.1) is 5.52 Å². The van der Waals surface area contributed by atoms with Crippen LogP contribution in [-0.2, 0) is 25.6 Å². The van der Waals surface area contributed by atoms with Gasteiger partial charge in [-0.2, -0.15) is 16.5 Å². The number of nitrogens with one attached hydrogen (secondary N) is 3. The topological polar surface area (TPSA) is 122 Å². The fourth-order valence-corrected chi connectivity index (χ4v) is 6.92. The van der Waals surface area contributed by atoms with Crippen molar-refractivity contribution in [2.45, 2.75) is 103 Å². The van der Waals surface area contributed by atoms with Crippen LogP contribution >= 0.6 is 11.8 Å². The zero-order valence-electron chi connectivity index (χ0n) is 26.6. The van der Waals surface area contributed by atoms with Gasteiger partial charge in [-0.3, -0.25) is 19.2 Å². The molecule has 3 heterocycles. The minimum Gasteiger partial charge on any atom is -0.417 e. The molecule has 1 aromatic heterocycles. The van der Waals surface area contributed by atoms with Crippen molar-refractivity contribution in [3.8, 4) is 0 Å². The van der Waals surface area contributed by atoms with E-state index in [0.29, 0.717) is 25.8 Å². The highest BCUT2D eigenvalue weighted by molar-refractivity contribution is 7.99. The monoisotopic (exact) mass is 627 g/mol. The lowest BCUT2D eigenvalue weighted by Crippen LogP contribution is -2.64. The Balaban J connectivity index is 1.67. The molecule has 10 nitrogen and oxygen atoms in total. The number of piperidine rings is 1. The molecule has 1 aromatic carbocycles. The predicted molar refractivity (Wildman–Crippen MR) is 174 cm³/mol. The highest BCUT2D eigenvalue weighted by atomic mass is 32.2. The molecule has 242 valence electrons. The van der Waals surface area contributed by atoms with E-state index in [4.69, 9.17) is 4.84 Å². The Morgan fingerprint density at radius 1 is 0.955 bits per heavy atom. The molecule has 0 radical (unpaired) electrons. The molecule has 2 aliphatic heterocycles. The summed E-state index contributed by atoms with van der Waals surface area (Å²) in [6.07, 6.45) is 8.04. The molecule has 11 heteroatoms. The third kappa shape index (κ3) is 8.08. The van der Waals surface area contributed by atoms with Crippen molar-refractivity contribution >= 4 is 46.3 Å². The number of fused-ring (bicyclic) bond motifs is 2. The van der Waals surface area contributed by atoms with Crippen LogP contribution in [0.5, 0.6) is 0 Å². The quantitative estimate of drug-likeness (QED) is 0.310. The third-order valence-corrected chi connectivity index (χ3v) is 9.98. The fraction of sp³-hybridized carbons (Fsp3) is 0.636. The number of carbonyl (C=O) groups is 4. The smallest absolute Gasteiger partial charge is 0.246 e. The number of aromatic nitrogens is 1. The third-order valence-electron chi connectivity index (χ3n) is 9.00. The maximum Gasteiger partial charge on any atom is 0.246 e. The molecule has 2 aliphatic rings. The zero-order valence-corrected chi connectivity index (χ0v) is 27.4. The number of hydrogen-bond donors (Lipinski definition) is 3. The zero-order chi connectivity index (χ0) is 31.6. The van der Waals surface area contributed by atoms with E-state index in [1.807, 2.05) is 56.1 Å². The normalized spacial score (nSPS) is 24.0. The van der Waals surface area contributed by atoms with E-state index in [1.54, 1.807) is 16.7 Å². The Hall–Kier alpha value is -3.21. The van der Waals surface area contributed by atoms with Crippen LogP contribution < -0.4 is 20.8 Å². The number of amides is 4. The van der Waals surface area contributed by atoms with Gasteiger partial charge in [0.25, 0.3) is 0 Å². The number of para-hydroxylation sites is 1. The molecule has 1 unspecified atom stereocenters. The van der Waals surface area contributed by atoms with Gasteiger partial charge in [-0.1, -0.05) is 58.2 Å². The molecule has 2 fully saturated rings. The number of benzene rings is 1. The lowest BCUT2D eigenvalue weighted by atomic mass is 9.93. The second kappa shape index (κ2) is 16.2. The van der Waals surface area contributed by atoms with Gasteiger partial charge >= 0.3 is 0 Å². The number of unbranched alkanes of at least 4 members (excludes halogenated alkanes) is 2. The van der Waals surface area contributed by atoms with Crippen LogP contribution in [0.25, 0.3) is 10.9 Å². The molecular weight excluding hydrogens is 578 g/mol. The van der Waals surface area contributed by atoms with Gasteiger partial charge in [-0.25, -0.2) is 0 Å². The summed E-state index contributed by atoms with van der Waals surface area (Å²) in [7, 11) is 1.57. The van der Waals surface area contributed by atoms with E-state index in [-0.39, 0.29) is 30.1 Å². The minimum absolute atomic E-state index is 0.162. The average Bonchev–Trinajstić information content (AvgIpc) is 3.40. The standard InChI is InChI=1S/C33H49N5O5S/c1-5-22(3)29-33(42)37-18-12-11-17-28(37)32(41)34-25(15-8-7-13-19-44-6-2)30(39)35-26(31(40)36-29)20-23-21-38(43-4)27-16-10-9-14-24(23)27/h9-10,14,16,21-22,25-26,28-29H,5-8,11-13,15,17-20H2,1-4H3,(H,34,41)(H,35,39)(H,36,40)/t22?,25-,26-,28+,29-/m0/s1. The maximum atomic E-state index is 14.0. The van der Waals surface area contributed by atoms with Crippen molar-refractivity contribution in [1.82, 2.24) is 25.6 Å². The first-order valence-corrected chi connectivity index (χ1v) is 17.4. The van der Waals surface area contributed by atoms with E-state index >= 15 is 0 Å². The first-order chi connectivity index (χ1) is 21.3. The summed E-state index contributed by atoms with van der Waals surface area (Å²) in [4.78, 5) is 62.8. The lowest BCUT2D eigenvalue weighted by molar-refractivity contribution is -0.147. The summed E-state index contributed by atoms with van der Waals surface area (Å²) in [6, 6.07) is 4.48. The van der Waals surface area contributed by atoms with E-state index in [9.17, 15) is 19.2 Å². The van der Waals surface area contributed by atoms with Crippen LogP contribution in [-0.4, -0.2) is 82.6 Å². The van der Waals surface area contributed by atoms with Crippen molar-refractivity contribution in [1.29, 1.82) is 0 Å². The first kappa shape index (κ1) is 33.7. The molecule has 4 amide bonds. The first-order valence-electron chi connectivity index (χ1n) is 16.2. The van der Waals surface area contributed by atoms with Crippen LogP contribution in [0.15, 0.2) is 30.5 Å². The van der Waals surface area contributed by atoms with Gasteiger partial charge in [0.2, 0.25) is 23.6 Å². The minimum atomic E-state index is -0.963. The van der Waals surface area contributed by atoms with E-state index in [0.717, 1.165) is 60.1 Å². The molecule has 44 heavy (non-hydrogen) atoms. The molecule has 0 aliphatic carbocycles. The maximum absolute atomic E-state index is 14.0. The Labute approximate surface area is 265 Å². The van der Waals surface area contributed by atoms with Gasteiger partial charge in [-0.05, 0) is 61.2 Å². The Kier molecular flexibility index (Phi) is 12.4. The van der Waals surface area contributed by atoms with E-state index in [2.05, 4.69) is 22.9 Å². The van der Waals surface area contributed by atoms with E-state index < -0.39 is 30.1 Å². The van der Waals surface area contributed by atoms with Crippen molar-refractivity contribution in [3.05, 3.63) is 36.0 Å². The summed E-state index contributed by atoms with van der Waals surface area (Å²) in [5.74, 6) is 0.641. The van der Waals surface area contributed by atoms with Crippen LogP contribution in [0, 0.1) is 5.92 Å². The van der Waals surface area contributed by atoms with Gasteiger partial charge in [0.1, 0.15) is 31.3 Å². The average molecular weight is 628 g/mol. The molecule has 0 spiro atoms. The predicted octanol–water partition coefficient (Wildman–Crippen LogP) is 3.45. The number of hydrogen-bond acceptors (Lipinski definition) is 6. The number of carbonyl (C=O) groups excluding carboxylic acids is 4. The van der Waals surface area contributed by atoms with Crippen LogP contribution in [0.1, 0.15) is 77.7 Å². The molecule has 0 bridgehead atoms. The van der Waals surface area contributed by atoms with Crippen molar-refractivity contribution in [2.24, 2.45) is 5.92 Å². The van der Waals surface area contributed by atoms with E-state index in [1.165, 1.54) is 0 Å². The summed E-state index contributed by atoms with van der Waals surface area (Å²) in [6.45, 7) is 6.50. The molecule has 5 atom stereocenters. The fourth-order valence-electron chi connectivity index (χ4n) is 6.23. The molecule has 2 aromatic rings. The second-order valence-corrected chi connectivity index (χ2v) is 13.4. The van der Waals surface area contributed by atoms with Crippen molar-refractivity contribution in [3.63, 3.8) is 0 Å². The van der Waals surface area contributed by atoms with Crippen molar-refractivity contribution in [2.75, 3.05) is 25.2 Å². The SMILES string of the molecule is CCSCCCCC[C@@H]1NC(=O)[C@H]2CCCCN2C(=O)[C@H](C(C)CC)NC(=O)[C@H](Cc2cn(OC)c3ccccc23)NC1=O. The number of nitrogens with zero attached hydrogens (tertiary/aromatic N) is 2. The summed E-state index contributed by atoms with van der Waals surface area (Å²) < 4.78 is 1.64. The second-order valence-electron chi connectivity index (χ2n) is 12.0. The molecule has 4 rings (SSSR count). The Morgan fingerprint density at radius 2 is 1.70 bits per heavy atom. The highest BCUT2D eigenvalue weighted by Gasteiger charge is 2.40. The summed E-state index contributed by atoms with van der Waals surface area (Å²) in [5, 5.41) is 9.90. The molecule has 2 saturated heterocycles. The summed E-state index contributed by atoms with van der Waals surface area (Å²) >= 11 is 1.89. The van der Waals surface area contributed by atoms with Gasteiger partial charge < -0.3 is 25.7 Å². The highest BCUT2D eigenvalue weighted by Crippen LogP contribution is 2.24. The van der Waals surface area contributed by atoms with Crippen LogP contribution in [0.2, 0.25) is 0 Å². The number of rotatable bonds is 12. The van der Waals surface area contributed by atoms with Crippen LogP contribution in [0.3, 0.4) is 0 Å². The number of thioether (sulfide) groups is 1. The largest absolute Gasteiger partial charge is 0.417 e. The van der Waals surface area contributed by atoms with Gasteiger partial charge in [0, 0.05) is 24.5 Å². The summed E-state index contributed by atoms with van der Waals surface area (Å²) in [5.41, 5.74) is 1.67. The van der Waals surface area contributed by atoms with Gasteiger partial charge in [-0.15, -0.1) is 0 Å². The molecular formula is C33H49N5O5S. The van der Waals surface area contributed by atoms with Crippen molar-refractivity contribution < 1.29 is 24.0 Å². The van der Waals surface area contributed by atoms with Crippen LogP contribution in [0.4, 0.5) is 0 Å². The molecule has 3 N–H and O–H groups in total. The Bertz CT molecular complexity index is 1300. The Morgan fingerprint density at radius 3 is 2.45 bits per heavy atom. The van der Waals surface area contributed by atoms with Gasteiger partial charge in [0.15, 0.2) is 0 Å². The molecule has 0 saturated carbocycles. The lowest BCUT2D eigenvalue weighted by Gasteiger charge is -2.39.